The first-order chi connectivity index (χ1) is 38.2. The van der Waals surface area contributed by atoms with Gasteiger partial charge in [-0.3, -0.25) is 0 Å². The van der Waals surface area contributed by atoms with Crippen LogP contribution in [0.2, 0.25) is 0 Å². The van der Waals surface area contributed by atoms with Crippen molar-refractivity contribution in [2.24, 2.45) is 0 Å². The molecule has 0 spiro atoms. The molecule has 77 heavy (non-hydrogen) atoms. The van der Waals surface area contributed by atoms with E-state index in [1.165, 1.54) is 142 Å². The minimum atomic E-state index is 0.910. The molecule has 16 aromatic rings. The normalized spacial score (nSPS) is 11.9. The van der Waals surface area contributed by atoms with Gasteiger partial charge in [-0.05, 0) is 173 Å². The molecule has 0 fully saturated rings. The van der Waals surface area contributed by atoms with E-state index >= 15 is 0 Å². The Morgan fingerprint density at radius 2 is 0.481 bits per heavy atom. The lowest BCUT2D eigenvalue weighted by Crippen LogP contribution is -1.93. The Bertz CT molecular complexity index is 4970. The molecule has 0 aliphatic heterocycles. The third kappa shape index (κ3) is 6.81. The molecule has 1 nitrogen and oxygen atoms in total. The van der Waals surface area contributed by atoms with E-state index in [1.807, 2.05) is 12.1 Å². The lowest BCUT2D eigenvalue weighted by molar-refractivity contribution is 0.669. The molecule has 15 aromatic carbocycles. The molecule has 0 radical (unpaired) electrons. The molecule has 1 heteroatoms. The zero-order valence-electron chi connectivity index (χ0n) is 42.0. The summed E-state index contributed by atoms with van der Waals surface area (Å²) in [5, 5.41) is 19.7. The van der Waals surface area contributed by atoms with Gasteiger partial charge in [0.1, 0.15) is 11.2 Å². The third-order valence-corrected chi connectivity index (χ3v) is 16.4. The number of benzene rings is 15. The molecule has 0 bridgehead atoms. The minimum absolute atomic E-state index is 0.910. The zero-order chi connectivity index (χ0) is 50.6. The van der Waals surface area contributed by atoms with Gasteiger partial charge in [-0.2, -0.15) is 0 Å². The average molecular weight is 975 g/mol. The van der Waals surface area contributed by atoms with Gasteiger partial charge in [-0.25, -0.2) is 0 Å². The van der Waals surface area contributed by atoms with Crippen molar-refractivity contribution in [3.05, 3.63) is 279 Å². The standard InChI is InChI=1S/C76H46O/c1-2-20-55-48(16-1)17-13-30-57(55)74-62-26-7-9-28-64(62)76(65-29-10-8-27-63(65)74)67-32-15-19-50-37-41-54(45-69(50)67)53-40-36-49-18-14-31-66(68(49)44-53)75-60-24-5-3-22-58(60)73(59-23-4-6-25-61(59)75)51-38-34-47(35-39-51)52-42-43-72-70(46-52)56-21-11-12-33-71(56)77-72/h1-46H. The molecule has 1 heterocycles. The molecule has 16 rings (SSSR count). The van der Waals surface area contributed by atoms with Crippen molar-refractivity contribution < 1.29 is 4.42 Å². The van der Waals surface area contributed by atoms with Crippen LogP contribution in [0.4, 0.5) is 0 Å². The molecule has 0 atom stereocenters. The molecule has 0 amide bonds. The molecule has 0 unspecified atom stereocenters. The predicted octanol–water partition coefficient (Wildman–Crippen LogP) is 21.7. The number of para-hydroxylation sites is 1. The highest BCUT2D eigenvalue weighted by Crippen LogP contribution is 2.49. The fourth-order valence-corrected chi connectivity index (χ4v) is 13.0. The molecule has 0 saturated carbocycles. The SMILES string of the molecule is c1cc(-c2c3ccccc3c(-c3ccc(-c4ccc5oc6ccccc6c5c4)cc3)c3ccccc23)c2cc(-c3ccc4cccc(-c5c6ccccc6c(-c6cccc7ccccc67)c6ccccc56)c4c3)ccc2c1. The van der Waals surface area contributed by atoms with Gasteiger partial charge in [0.15, 0.2) is 0 Å². The second kappa shape index (κ2) is 17.2. The lowest BCUT2D eigenvalue weighted by atomic mass is 9.83. The number of furan rings is 1. The largest absolute Gasteiger partial charge is 0.456 e. The van der Waals surface area contributed by atoms with E-state index in [0.717, 1.165) is 21.9 Å². The first-order valence-corrected chi connectivity index (χ1v) is 26.6. The van der Waals surface area contributed by atoms with Crippen LogP contribution in [0.25, 0.3) is 164 Å². The second-order valence-corrected chi connectivity index (χ2v) is 20.6. The number of rotatable bonds is 6. The van der Waals surface area contributed by atoms with Crippen LogP contribution in [0.1, 0.15) is 0 Å². The van der Waals surface area contributed by atoms with Crippen LogP contribution in [0.3, 0.4) is 0 Å². The second-order valence-electron chi connectivity index (χ2n) is 20.6. The summed E-state index contributed by atoms with van der Waals surface area (Å²) in [6, 6.07) is 103. The summed E-state index contributed by atoms with van der Waals surface area (Å²) < 4.78 is 6.17. The minimum Gasteiger partial charge on any atom is -0.456 e. The van der Waals surface area contributed by atoms with Crippen molar-refractivity contribution in [2.75, 3.05) is 0 Å². The summed E-state index contributed by atoms with van der Waals surface area (Å²) in [4.78, 5) is 0. The van der Waals surface area contributed by atoms with Crippen LogP contribution in [0.5, 0.6) is 0 Å². The summed E-state index contributed by atoms with van der Waals surface area (Å²) in [5.74, 6) is 0. The van der Waals surface area contributed by atoms with Gasteiger partial charge in [0.25, 0.3) is 0 Å². The van der Waals surface area contributed by atoms with Gasteiger partial charge >= 0.3 is 0 Å². The summed E-state index contributed by atoms with van der Waals surface area (Å²) in [6.45, 7) is 0. The smallest absolute Gasteiger partial charge is 0.135 e. The van der Waals surface area contributed by atoms with E-state index in [0.29, 0.717) is 0 Å². The maximum absolute atomic E-state index is 6.17. The van der Waals surface area contributed by atoms with Crippen LogP contribution in [0.15, 0.2) is 283 Å². The lowest BCUT2D eigenvalue weighted by Gasteiger charge is -2.20. The van der Waals surface area contributed by atoms with Gasteiger partial charge in [-0.15, -0.1) is 0 Å². The number of hydrogen-bond donors (Lipinski definition) is 0. The van der Waals surface area contributed by atoms with Gasteiger partial charge in [-0.1, -0.05) is 249 Å². The van der Waals surface area contributed by atoms with Crippen molar-refractivity contribution >= 4 is 97.3 Å². The predicted molar refractivity (Wildman–Crippen MR) is 329 cm³/mol. The van der Waals surface area contributed by atoms with Gasteiger partial charge < -0.3 is 4.42 Å². The summed E-state index contributed by atoms with van der Waals surface area (Å²) in [7, 11) is 0. The topological polar surface area (TPSA) is 13.1 Å². The summed E-state index contributed by atoms with van der Waals surface area (Å²) in [5.41, 5.74) is 16.5. The van der Waals surface area contributed by atoms with Gasteiger partial charge in [0.05, 0.1) is 0 Å². The van der Waals surface area contributed by atoms with E-state index in [4.69, 9.17) is 4.42 Å². The number of fused-ring (bicyclic) bond motifs is 10. The molecular weight excluding hydrogens is 929 g/mol. The molecule has 0 N–H and O–H groups in total. The molecule has 1 aromatic heterocycles. The van der Waals surface area contributed by atoms with Crippen LogP contribution < -0.4 is 0 Å². The summed E-state index contributed by atoms with van der Waals surface area (Å²) in [6.07, 6.45) is 0. The number of hydrogen-bond acceptors (Lipinski definition) is 1. The van der Waals surface area contributed by atoms with E-state index < -0.39 is 0 Å². The van der Waals surface area contributed by atoms with E-state index in [-0.39, 0.29) is 0 Å². The first kappa shape index (κ1) is 43.3. The van der Waals surface area contributed by atoms with Gasteiger partial charge in [0.2, 0.25) is 0 Å². The molecular formula is C76H46O. The van der Waals surface area contributed by atoms with E-state index in [9.17, 15) is 0 Å². The maximum atomic E-state index is 6.17. The highest BCUT2D eigenvalue weighted by molar-refractivity contribution is 6.26. The Labute approximate surface area is 445 Å². The van der Waals surface area contributed by atoms with Crippen LogP contribution in [0, 0.1) is 0 Å². The van der Waals surface area contributed by atoms with E-state index in [2.05, 4.69) is 267 Å². The highest BCUT2D eigenvalue weighted by atomic mass is 16.3. The van der Waals surface area contributed by atoms with Crippen molar-refractivity contribution in [1.29, 1.82) is 0 Å². The Balaban J connectivity index is 0.840. The molecule has 0 aliphatic carbocycles. The van der Waals surface area contributed by atoms with Crippen molar-refractivity contribution in [2.45, 2.75) is 0 Å². The van der Waals surface area contributed by atoms with Crippen LogP contribution >= 0.6 is 0 Å². The van der Waals surface area contributed by atoms with Crippen molar-refractivity contribution in [3.8, 4) is 66.8 Å². The van der Waals surface area contributed by atoms with Crippen molar-refractivity contribution in [1.82, 2.24) is 0 Å². The van der Waals surface area contributed by atoms with Gasteiger partial charge in [0, 0.05) is 10.8 Å². The molecule has 0 saturated heterocycles. The fourth-order valence-electron chi connectivity index (χ4n) is 13.0. The Kier molecular flexibility index (Phi) is 9.71. The summed E-state index contributed by atoms with van der Waals surface area (Å²) >= 11 is 0. The first-order valence-electron chi connectivity index (χ1n) is 26.6. The van der Waals surface area contributed by atoms with Crippen molar-refractivity contribution in [3.63, 3.8) is 0 Å². The Morgan fingerprint density at radius 1 is 0.169 bits per heavy atom. The highest BCUT2D eigenvalue weighted by Gasteiger charge is 2.22. The maximum Gasteiger partial charge on any atom is 0.135 e. The zero-order valence-corrected chi connectivity index (χ0v) is 42.0. The molecule has 356 valence electrons. The quantitative estimate of drug-likeness (QED) is 0.151. The van der Waals surface area contributed by atoms with Crippen LogP contribution in [-0.4, -0.2) is 0 Å². The average Bonchev–Trinajstić information content (AvgIpc) is 3.95. The monoisotopic (exact) mass is 974 g/mol. The van der Waals surface area contributed by atoms with Crippen LogP contribution in [-0.2, 0) is 0 Å². The molecule has 0 aliphatic rings. The van der Waals surface area contributed by atoms with E-state index in [1.54, 1.807) is 0 Å². The third-order valence-electron chi connectivity index (χ3n) is 16.4. The Morgan fingerprint density at radius 3 is 0.974 bits per heavy atom. The fraction of sp³-hybridized carbons (Fsp3) is 0. The Hall–Kier alpha value is -10.1.